The van der Waals surface area contributed by atoms with Crippen molar-refractivity contribution in [2.24, 2.45) is 0 Å². The second-order valence-corrected chi connectivity index (χ2v) is 4.85. The first-order valence-electron chi connectivity index (χ1n) is 6.38. The highest BCUT2D eigenvalue weighted by Gasteiger charge is 2.12. The first-order valence-corrected chi connectivity index (χ1v) is 6.38. The van der Waals surface area contributed by atoms with Crippen LogP contribution in [0.25, 0.3) is 0 Å². The van der Waals surface area contributed by atoms with Crippen molar-refractivity contribution in [3.05, 3.63) is 53.6 Å². The number of nitrogen functional groups attached to an aromatic ring is 1. The van der Waals surface area contributed by atoms with Crippen molar-refractivity contribution in [1.82, 2.24) is 0 Å². The molecule has 3 N–H and O–H groups in total. The number of hydrogen-bond acceptors (Lipinski definition) is 3. The predicted octanol–water partition coefficient (Wildman–Crippen LogP) is 3.88. The molecular weight excluding hydrogens is 254 g/mol. The molecule has 0 spiro atoms. The lowest BCUT2D eigenvalue weighted by Crippen LogP contribution is -2.03. The van der Waals surface area contributed by atoms with Gasteiger partial charge in [-0.1, -0.05) is 32.0 Å². The van der Waals surface area contributed by atoms with Crippen LogP contribution in [-0.4, -0.2) is 11.1 Å². The predicted molar refractivity (Wildman–Crippen MR) is 78.4 cm³/mol. The number of hydrogen-bond donors (Lipinski definition) is 2. The van der Waals surface area contributed by atoms with Crippen LogP contribution in [0.5, 0.6) is 11.5 Å². The Labute approximate surface area is 117 Å². The zero-order chi connectivity index (χ0) is 14.7. The Balaban J connectivity index is 2.26. The molecule has 0 aliphatic carbocycles. The normalized spacial score (nSPS) is 10.6. The molecule has 0 atom stereocenters. The summed E-state index contributed by atoms with van der Waals surface area (Å²) in [6.07, 6.45) is 0. The molecule has 4 nitrogen and oxygen atoms in total. The number of carbonyl (C=O) groups is 1. The first-order chi connectivity index (χ1) is 9.49. The fraction of sp³-hybridized carbons (Fsp3) is 0.188. The maximum Gasteiger partial charge on any atom is 0.337 e. The van der Waals surface area contributed by atoms with Crippen molar-refractivity contribution in [2.45, 2.75) is 19.8 Å². The lowest BCUT2D eigenvalue weighted by atomic mass is 10.0. The highest BCUT2D eigenvalue weighted by atomic mass is 16.5. The molecule has 2 aromatic rings. The maximum atomic E-state index is 11.0. The zero-order valence-electron chi connectivity index (χ0n) is 11.5. The number of carboxylic acids is 1. The minimum Gasteiger partial charge on any atom is -0.478 e. The number of anilines is 1. The Kier molecular flexibility index (Phi) is 3.94. The highest BCUT2D eigenvalue weighted by molar-refractivity contribution is 5.95. The minimum absolute atomic E-state index is 0.0429. The average molecular weight is 271 g/mol. The Bertz CT molecular complexity index is 618. The van der Waals surface area contributed by atoms with E-state index in [-0.39, 0.29) is 11.3 Å². The summed E-state index contributed by atoms with van der Waals surface area (Å²) in [5.41, 5.74) is 7.19. The minimum atomic E-state index is -1.07. The van der Waals surface area contributed by atoms with Crippen LogP contribution in [0.2, 0.25) is 0 Å². The highest BCUT2D eigenvalue weighted by Crippen LogP contribution is 2.30. The van der Waals surface area contributed by atoms with Crippen molar-refractivity contribution >= 4 is 11.7 Å². The number of aromatic carboxylic acids is 1. The standard InChI is InChI=1S/C16H17NO3/c1-10(2)11-6-8-12(9-7-11)20-14-5-3-4-13(15(14)17)16(18)19/h3-10H,17H2,1-2H3,(H,18,19). The Morgan fingerprint density at radius 2 is 1.80 bits per heavy atom. The molecule has 2 rings (SSSR count). The second kappa shape index (κ2) is 5.65. The van der Waals surface area contributed by atoms with Gasteiger partial charge in [-0.05, 0) is 35.7 Å². The van der Waals surface area contributed by atoms with Gasteiger partial charge in [0.2, 0.25) is 0 Å². The molecule has 0 bridgehead atoms. The molecule has 0 fully saturated rings. The van der Waals surface area contributed by atoms with E-state index >= 15 is 0 Å². The van der Waals surface area contributed by atoms with Gasteiger partial charge >= 0.3 is 5.97 Å². The van der Waals surface area contributed by atoms with Gasteiger partial charge in [-0.25, -0.2) is 4.79 Å². The largest absolute Gasteiger partial charge is 0.478 e. The molecule has 104 valence electrons. The van der Waals surface area contributed by atoms with Crippen LogP contribution in [0.4, 0.5) is 5.69 Å². The van der Waals surface area contributed by atoms with Gasteiger partial charge in [-0.2, -0.15) is 0 Å². The SMILES string of the molecule is CC(C)c1ccc(Oc2cccc(C(=O)O)c2N)cc1. The molecule has 0 saturated carbocycles. The third kappa shape index (κ3) is 2.91. The van der Waals surface area contributed by atoms with Gasteiger partial charge in [0.25, 0.3) is 0 Å². The lowest BCUT2D eigenvalue weighted by molar-refractivity contribution is 0.0697. The molecule has 0 amide bonds. The summed E-state index contributed by atoms with van der Waals surface area (Å²) >= 11 is 0. The van der Waals surface area contributed by atoms with Crippen molar-refractivity contribution in [2.75, 3.05) is 5.73 Å². The van der Waals surface area contributed by atoms with Crippen LogP contribution in [0, 0.1) is 0 Å². The zero-order valence-corrected chi connectivity index (χ0v) is 11.5. The van der Waals surface area contributed by atoms with Gasteiger partial charge in [0.05, 0.1) is 11.3 Å². The Morgan fingerprint density at radius 1 is 1.15 bits per heavy atom. The number of para-hydroxylation sites is 1. The number of nitrogens with two attached hydrogens (primary N) is 1. The summed E-state index contributed by atoms with van der Waals surface area (Å²) in [4.78, 5) is 11.0. The van der Waals surface area contributed by atoms with Crippen LogP contribution in [0.15, 0.2) is 42.5 Å². The van der Waals surface area contributed by atoms with E-state index in [2.05, 4.69) is 13.8 Å². The summed E-state index contributed by atoms with van der Waals surface area (Å²) in [6, 6.07) is 12.4. The molecular formula is C16H17NO3. The molecule has 0 unspecified atom stereocenters. The molecule has 0 heterocycles. The Hall–Kier alpha value is -2.49. The third-order valence-electron chi connectivity index (χ3n) is 3.07. The second-order valence-electron chi connectivity index (χ2n) is 4.85. The van der Waals surface area contributed by atoms with E-state index in [0.29, 0.717) is 17.4 Å². The van der Waals surface area contributed by atoms with E-state index in [1.165, 1.54) is 11.6 Å². The van der Waals surface area contributed by atoms with E-state index in [1.807, 2.05) is 24.3 Å². The van der Waals surface area contributed by atoms with Crippen LogP contribution < -0.4 is 10.5 Å². The summed E-state index contributed by atoms with van der Waals surface area (Å²) in [6.45, 7) is 4.23. The van der Waals surface area contributed by atoms with Crippen molar-refractivity contribution in [3.63, 3.8) is 0 Å². The van der Waals surface area contributed by atoms with Gasteiger partial charge in [-0.3, -0.25) is 0 Å². The van der Waals surface area contributed by atoms with Crippen molar-refractivity contribution < 1.29 is 14.6 Å². The third-order valence-corrected chi connectivity index (χ3v) is 3.07. The number of rotatable bonds is 4. The molecule has 0 saturated heterocycles. The van der Waals surface area contributed by atoms with Gasteiger partial charge in [0.15, 0.2) is 5.75 Å². The van der Waals surface area contributed by atoms with Crippen molar-refractivity contribution in [1.29, 1.82) is 0 Å². The topological polar surface area (TPSA) is 72.5 Å². The van der Waals surface area contributed by atoms with Crippen molar-refractivity contribution in [3.8, 4) is 11.5 Å². The number of carboxylic acid groups (broad SMARTS) is 1. The Morgan fingerprint density at radius 3 is 2.35 bits per heavy atom. The van der Waals surface area contributed by atoms with Gasteiger partial charge in [0, 0.05) is 0 Å². The first kappa shape index (κ1) is 13.9. The lowest BCUT2D eigenvalue weighted by Gasteiger charge is -2.11. The molecule has 2 aromatic carbocycles. The van der Waals surface area contributed by atoms with Gasteiger partial charge in [0.1, 0.15) is 5.75 Å². The quantitative estimate of drug-likeness (QED) is 0.828. The van der Waals surface area contributed by atoms with Gasteiger partial charge in [-0.15, -0.1) is 0 Å². The monoisotopic (exact) mass is 271 g/mol. The number of ether oxygens (including phenoxy) is 1. The summed E-state index contributed by atoms with van der Waals surface area (Å²) < 4.78 is 5.65. The molecule has 0 aromatic heterocycles. The molecule has 20 heavy (non-hydrogen) atoms. The molecule has 0 aliphatic rings. The number of benzene rings is 2. The molecule has 0 aliphatic heterocycles. The van der Waals surface area contributed by atoms with Crippen LogP contribution in [-0.2, 0) is 0 Å². The average Bonchev–Trinajstić information content (AvgIpc) is 2.41. The van der Waals surface area contributed by atoms with E-state index < -0.39 is 5.97 Å². The molecule has 4 heteroatoms. The smallest absolute Gasteiger partial charge is 0.337 e. The van der Waals surface area contributed by atoms with E-state index in [0.717, 1.165) is 0 Å². The van der Waals surface area contributed by atoms with E-state index in [9.17, 15) is 4.79 Å². The van der Waals surface area contributed by atoms with Crippen LogP contribution >= 0.6 is 0 Å². The van der Waals surface area contributed by atoms with E-state index in [1.54, 1.807) is 12.1 Å². The summed E-state index contributed by atoms with van der Waals surface area (Å²) in [5, 5.41) is 9.02. The molecule has 0 radical (unpaired) electrons. The van der Waals surface area contributed by atoms with Crippen LogP contribution in [0.1, 0.15) is 35.7 Å². The maximum absolute atomic E-state index is 11.0. The van der Waals surface area contributed by atoms with Crippen LogP contribution in [0.3, 0.4) is 0 Å². The summed E-state index contributed by atoms with van der Waals surface area (Å²) in [7, 11) is 0. The van der Waals surface area contributed by atoms with Gasteiger partial charge < -0.3 is 15.6 Å². The van der Waals surface area contributed by atoms with E-state index in [4.69, 9.17) is 15.6 Å². The fourth-order valence-electron chi connectivity index (χ4n) is 1.87. The fourth-order valence-corrected chi connectivity index (χ4v) is 1.87. The summed E-state index contributed by atoms with van der Waals surface area (Å²) in [5.74, 6) is 0.360.